The van der Waals surface area contributed by atoms with Crippen molar-refractivity contribution >= 4 is 11.9 Å². The third-order valence-corrected chi connectivity index (χ3v) is 4.25. The Morgan fingerprint density at radius 2 is 1.54 bits per heavy atom. The summed E-state index contributed by atoms with van der Waals surface area (Å²) in [5.74, 6) is -0.584. The van der Waals surface area contributed by atoms with Crippen LogP contribution in [0.3, 0.4) is 0 Å². The minimum Gasteiger partial charge on any atom is -0.462 e. The van der Waals surface area contributed by atoms with Crippen molar-refractivity contribution in [3.05, 3.63) is 101 Å². The van der Waals surface area contributed by atoms with Gasteiger partial charge in [-0.15, -0.1) is 0 Å². The van der Waals surface area contributed by atoms with E-state index in [-0.39, 0.29) is 0 Å². The lowest BCUT2D eigenvalue weighted by Gasteiger charge is -2.08. The zero-order chi connectivity index (χ0) is 19.8. The fourth-order valence-corrected chi connectivity index (χ4v) is 2.71. The Morgan fingerprint density at radius 1 is 0.786 bits per heavy atom. The Morgan fingerprint density at radius 3 is 2.29 bits per heavy atom. The number of ether oxygens (including phenoxy) is 2. The molecule has 3 aromatic carbocycles. The molecule has 4 heteroatoms. The predicted octanol–water partition coefficient (Wildman–Crippen LogP) is 5.00. The summed E-state index contributed by atoms with van der Waals surface area (Å²) in [4.78, 5) is 24.5. The van der Waals surface area contributed by atoms with Gasteiger partial charge in [0.15, 0.2) is 0 Å². The van der Waals surface area contributed by atoms with Crippen LogP contribution in [0, 0.1) is 6.92 Å². The largest absolute Gasteiger partial charge is 0.462 e. The van der Waals surface area contributed by atoms with E-state index in [1.165, 1.54) is 11.6 Å². The minimum absolute atomic E-state index is 0.310. The van der Waals surface area contributed by atoms with Crippen LogP contribution in [-0.4, -0.2) is 18.5 Å². The van der Waals surface area contributed by atoms with E-state index >= 15 is 0 Å². The Bertz CT molecular complexity index is 930. The smallest absolute Gasteiger partial charge is 0.343 e. The van der Waals surface area contributed by atoms with Crippen molar-refractivity contribution in [3.8, 4) is 5.75 Å². The maximum Gasteiger partial charge on any atom is 0.343 e. The van der Waals surface area contributed by atoms with Crippen molar-refractivity contribution in [2.75, 3.05) is 6.61 Å². The number of rotatable bonds is 7. The van der Waals surface area contributed by atoms with Gasteiger partial charge in [-0.25, -0.2) is 9.59 Å². The molecule has 0 radical (unpaired) electrons. The van der Waals surface area contributed by atoms with Crippen molar-refractivity contribution in [2.24, 2.45) is 0 Å². The van der Waals surface area contributed by atoms with E-state index < -0.39 is 11.9 Å². The maximum absolute atomic E-state index is 12.2. The van der Waals surface area contributed by atoms with Crippen LogP contribution in [0.25, 0.3) is 0 Å². The number of hydrogen-bond donors (Lipinski definition) is 0. The van der Waals surface area contributed by atoms with Crippen LogP contribution < -0.4 is 4.74 Å². The third kappa shape index (κ3) is 5.55. The summed E-state index contributed by atoms with van der Waals surface area (Å²) in [5.41, 5.74) is 3.09. The molecule has 0 N–H and O–H groups in total. The second-order valence-electron chi connectivity index (χ2n) is 6.51. The zero-order valence-corrected chi connectivity index (χ0v) is 15.8. The number of hydrogen-bond acceptors (Lipinski definition) is 4. The van der Waals surface area contributed by atoms with Crippen LogP contribution in [-0.2, 0) is 11.2 Å². The van der Waals surface area contributed by atoms with Crippen LogP contribution in [0.2, 0.25) is 0 Å². The van der Waals surface area contributed by atoms with Crippen LogP contribution in [0.5, 0.6) is 5.75 Å². The lowest BCUT2D eigenvalue weighted by Crippen LogP contribution is -2.10. The van der Waals surface area contributed by atoms with E-state index in [1.54, 1.807) is 30.3 Å². The molecule has 0 saturated carbocycles. The van der Waals surface area contributed by atoms with Crippen LogP contribution in [0.1, 0.15) is 38.3 Å². The molecule has 4 nitrogen and oxygen atoms in total. The summed E-state index contributed by atoms with van der Waals surface area (Å²) in [6.45, 7) is 2.28. The first kappa shape index (κ1) is 19.4. The van der Waals surface area contributed by atoms with E-state index in [4.69, 9.17) is 9.47 Å². The molecular weight excluding hydrogens is 352 g/mol. The molecule has 0 aliphatic rings. The maximum atomic E-state index is 12.2. The molecule has 0 saturated heterocycles. The fraction of sp³-hybridized carbons (Fsp3) is 0.167. The van der Waals surface area contributed by atoms with E-state index in [0.717, 1.165) is 18.4 Å². The first-order valence-electron chi connectivity index (χ1n) is 9.22. The number of carbonyl (C=O) groups is 2. The zero-order valence-electron chi connectivity index (χ0n) is 15.8. The first-order chi connectivity index (χ1) is 13.6. The van der Waals surface area contributed by atoms with Gasteiger partial charge in [0.2, 0.25) is 0 Å². The third-order valence-electron chi connectivity index (χ3n) is 4.25. The molecule has 0 spiro atoms. The van der Waals surface area contributed by atoms with Crippen molar-refractivity contribution < 1.29 is 19.1 Å². The van der Waals surface area contributed by atoms with Gasteiger partial charge >= 0.3 is 11.9 Å². The highest BCUT2D eigenvalue weighted by Gasteiger charge is 2.12. The summed E-state index contributed by atoms with van der Waals surface area (Å²) < 4.78 is 10.7. The second kappa shape index (κ2) is 9.51. The van der Waals surface area contributed by atoms with Gasteiger partial charge < -0.3 is 9.47 Å². The molecule has 0 aromatic heterocycles. The Hall–Kier alpha value is -3.40. The average molecular weight is 374 g/mol. The van der Waals surface area contributed by atoms with Gasteiger partial charge in [-0.3, -0.25) is 0 Å². The summed E-state index contributed by atoms with van der Waals surface area (Å²) in [6.07, 6.45) is 1.60. The minimum atomic E-state index is -0.464. The highest BCUT2D eigenvalue weighted by molar-refractivity contribution is 5.92. The molecule has 142 valence electrons. The van der Waals surface area contributed by atoms with Crippen molar-refractivity contribution in [2.45, 2.75) is 19.8 Å². The molecule has 0 heterocycles. The second-order valence-corrected chi connectivity index (χ2v) is 6.51. The summed E-state index contributed by atoms with van der Waals surface area (Å²) in [5, 5.41) is 0. The van der Waals surface area contributed by atoms with Gasteiger partial charge in [0, 0.05) is 0 Å². The van der Waals surface area contributed by atoms with Crippen molar-refractivity contribution in [1.82, 2.24) is 0 Å². The van der Waals surface area contributed by atoms with E-state index in [1.807, 2.05) is 49.4 Å². The molecule has 0 aliphatic carbocycles. The molecule has 0 fully saturated rings. The topological polar surface area (TPSA) is 52.6 Å². The molecule has 0 unspecified atom stereocenters. The van der Waals surface area contributed by atoms with Gasteiger partial charge in [0.05, 0.1) is 17.7 Å². The SMILES string of the molecule is Cc1ccc(C(=O)Oc2cccc(C(=O)OCCCc3ccccc3)c2)cc1. The van der Waals surface area contributed by atoms with Crippen LogP contribution in [0.4, 0.5) is 0 Å². The predicted molar refractivity (Wildman–Crippen MR) is 108 cm³/mol. The fourth-order valence-electron chi connectivity index (χ4n) is 2.71. The van der Waals surface area contributed by atoms with Gasteiger partial charge in [-0.1, -0.05) is 54.1 Å². The number of carbonyl (C=O) groups excluding carboxylic acids is 2. The summed E-state index contributed by atoms with van der Waals surface area (Å²) in [6, 6.07) is 23.6. The molecule has 0 aliphatic heterocycles. The number of esters is 2. The van der Waals surface area contributed by atoms with Crippen molar-refractivity contribution in [1.29, 1.82) is 0 Å². The van der Waals surface area contributed by atoms with E-state index in [2.05, 4.69) is 0 Å². The normalized spacial score (nSPS) is 10.3. The van der Waals surface area contributed by atoms with E-state index in [0.29, 0.717) is 23.5 Å². The molecule has 3 aromatic rings. The van der Waals surface area contributed by atoms with Gasteiger partial charge in [0.1, 0.15) is 5.75 Å². The highest BCUT2D eigenvalue weighted by atomic mass is 16.5. The quantitative estimate of drug-likeness (QED) is 0.332. The molecular formula is C24H22O4. The van der Waals surface area contributed by atoms with Crippen LogP contribution in [0.15, 0.2) is 78.9 Å². The number of benzene rings is 3. The van der Waals surface area contributed by atoms with Crippen molar-refractivity contribution in [3.63, 3.8) is 0 Å². The lowest BCUT2D eigenvalue weighted by atomic mass is 10.1. The average Bonchev–Trinajstić information content (AvgIpc) is 2.72. The lowest BCUT2D eigenvalue weighted by molar-refractivity contribution is 0.0498. The molecule has 0 atom stereocenters. The summed E-state index contributed by atoms with van der Waals surface area (Å²) in [7, 11) is 0. The standard InChI is InChI=1S/C24H22O4/c1-18-12-14-20(15-13-18)24(26)28-22-11-5-10-21(17-22)23(25)27-16-6-9-19-7-3-2-4-8-19/h2-5,7-8,10-15,17H,6,9,16H2,1H3. The van der Waals surface area contributed by atoms with E-state index in [9.17, 15) is 9.59 Å². The highest BCUT2D eigenvalue weighted by Crippen LogP contribution is 2.16. The monoisotopic (exact) mass is 374 g/mol. The molecule has 0 amide bonds. The van der Waals surface area contributed by atoms with Gasteiger partial charge in [-0.2, -0.15) is 0 Å². The Balaban J connectivity index is 1.52. The van der Waals surface area contributed by atoms with Gasteiger partial charge in [-0.05, 0) is 55.7 Å². The van der Waals surface area contributed by atoms with Crippen LogP contribution >= 0.6 is 0 Å². The first-order valence-corrected chi connectivity index (χ1v) is 9.22. The summed E-state index contributed by atoms with van der Waals surface area (Å²) >= 11 is 0. The Labute approximate surface area is 164 Å². The molecule has 0 bridgehead atoms. The van der Waals surface area contributed by atoms with Gasteiger partial charge in [0.25, 0.3) is 0 Å². The Kier molecular flexibility index (Phi) is 6.58. The number of aryl methyl sites for hydroxylation is 2. The molecule has 28 heavy (non-hydrogen) atoms. The molecule has 3 rings (SSSR count).